The number of carbonyl (C=O) groups is 2. The molecule has 4 fully saturated rings. The summed E-state index contributed by atoms with van der Waals surface area (Å²) in [7, 11) is 0. The Balaban J connectivity index is 1.74. The predicted octanol–water partition coefficient (Wildman–Crippen LogP) is 1.90. The van der Waals surface area contributed by atoms with Crippen molar-refractivity contribution in [2.45, 2.75) is 56.7 Å². The molecule has 0 aromatic rings. The van der Waals surface area contributed by atoms with Gasteiger partial charge >= 0.3 is 11.9 Å². The van der Waals surface area contributed by atoms with Crippen molar-refractivity contribution in [3.05, 3.63) is 0 Å². The molecular weight excluding hydrogens is 248 g/mol. The van der Waals surface area contributed by atoms with E-state index in [9.17, 15) is 9.59 Å². The molecule has 5 heteroatoms. The SMILES string of the molecule is O=C(O)CC(OC12CC3CC(CC(C3)C1)C2)C(=O)O. The maximum absolute atomic E-state index is 11.2. The largest absolute Gasteiger partial charge is 0.481 e. The van der Waals surface area contributed by atoms with Gasteiger partial charge in [0.15, 0.2) is 6.10 Å². The zero-order chi connectivity index (χ0) is 13.6. The summed E-state index contributed by atoms with van der Waals surface area (Å²) in [6.45, 7) is 0. The van der Waals surface area contributed by atoms with Crippen molar-refractivity contribution in [1.29, 1.82) is 0 Å². The van der Waals surface area contributed by atoms with E-state index in [1.165, 1.54) is 19.3 Å². The Hall–Kier alpha value is -1.10. The second-order valence-corrected chi connectivity index (χ2v) is 6.64. The molecule has 0 aliphatic heterocycles. The fraction of sp³-hybridized carbons (Fsp3) is 0.857. The van der Waals surface area contributed by atoms with Crippen LogP contribution in [0.4, 0.5) is 0 Å². The molecule has 1 atom stereocenters. The third-order valence-electron chi connectivity index (χ3n) is 5.01. The van der Waals surface area contributed by atoms with Crippen LogP contribution in [-0.4, -0.2) is 33.9 Å². The molecule has 5 nitrogen and oxygen atoms in total. The summed E-state index contributed by atoms with van der Waals surface area (Å²) >= 11 is 0. The van der Waals surface area contributed by atoms with Crippen LogP contribution in [0.2, 0.25) is 0 Å². The van der Waals surface area contributed by atoms with Gasteiger partial charge in [0.1, 0.15) is 0 Å². The maximum Gasteiger partial charge on any atom is 0.333 e. The highest BCUT2D eigenvalue weighted by atomic mass is 16.5. The Labute approximate surface area is 111 Å². The number of hydrogen-bond acceptors (Lipinski definition) is 3. The zero-order valence-corrected chi connectivity index (χ0v) is 10.9. The second kappa shape index (κ2) is 4.47. The molecule has 0 aromatic heterocycles. The topological polar surface area (TPSA) is 83.8 Å². The van der Waals surface area contributed by atoms with E-state index >= 15 is 0 Å². The second-order valence-electron chi connectivity index (χ2n) is 6.64. The molecule has 1 unspecified atom stereocenters. The minimum atomic E-state index is -1.20. The molecule has 0 saturated heterocycles. The lowest BCUT2D eigenvalue weighted by atomic mass is 9.54. The molecule has 2 N–H and O–H groups in total. The van der Waals surface area contributed by atoms with Crippen LogP contribution in [0, 0.1) is 17.8 Å². The molecule has 0 heterocycles. The van der Waals surface area contributed by atoms with E-state index in [2.05, 4.69) is 0 Å². The lowest BCUT2D eigenvalue weighted by Gasteiger charge is -2.56. The van der Waals surface area contributed by atoms with Crippen LogP contribution in [0.3, 0.4) is 0 Å². The van der Waals surface area contributed by atoms with Gasteiger partial charge in [-0.25, -0.2) is 4.79 Å². The van der Waals surface area contributed by atoms with Crippen LogP contribution in [0.5, 0.6) is 0 Å². The lowest BCUT2D eigenvalue weighted by molar-refractivity contribution is -0.203. The summed E-state index contributed by atoms with van der Waals surface area (Å²) in [6.07, 6.45) is 4.86. The number of carboxylic acids is 2. The first kappa shape index (κ1) is 12.9. The minimum Gasteiger partial charge on any atom is -0.481 e. The first-order chi connectivity index (χ1) is 8.96. The summed E-state index contributed by atoms with van der Waals surface area (Å²) in [5.74, 6) is -0.295. The molecule has 106 valence electrons. The third-order valence-corrected chi connectivity index (χ3v) is 5.01. The number of carboxylic acid groups (broad SMARTS) is 2. The van der Waals surface area contributed by atoms with E-state index in [0.29, 0.717) is 17.8 Å². The van der Waals surface area contributed by atoms with Crippen LogP contribution in [0.25, 0.3) is 0 Å². The fourth-order valence-corrected chi connectivity index (χ4v) is 4.82. The smallest absolute Gasteiger partial charge is 0.333 e. The van der Waals surface area contributed by atoms with Crippen LogP contribution >= 0.6 is 0 Å². The van der Waals surface area contributed by atoms with Crippen molar-refractivity contribution >= 4 is 11.9 Å². The molecule has 4 aliphatic carbocycles. The molecular formula is C14H20O5. The normalized spacial score (nSPS) is 41.2. The predicted molar refractivity (Wildman–Crippen MR) is 65.7 cm³/mol. The first-order valence-corrected chi connectivity index (χ1v) is 7.08. The Morgan fingerprint density at radius 2 is 1.53 bits per heavy atom. The summed E-state index contributed by atoms with van der Waals surface area (Å²) < 4.78 is 5.84. The van der Waals surface area contributed by atoms with Crippen LogP contribution in [-0.2, 0) is 14.3 Å². The molecule has 0 radical (unpaired) electrons. The van der Waals surface area contributed by atoms with Gasteiger partial charge in [-0.2, -0.15) is 0 Å². The van der Waals surface area contributed by atoms with E-state index in [1.807, 2.05) is 0 Å². The highest BCUT2D eigenvalue weighted by molar-refractivity contribution is 5.79. The van der Waals surface area contributed by atoms with Gasteiger partial charge in [0.05, 0.1) is 12.0 Å². The van der Waals surface area contributed by atoms with Crippen LogP contribution in [0.15, 0.2) is 0 Å². The number of rotatable bonds is 5. The summed E-state index contributed by atoms with van der Waals surface area (Å²) in [5, 5.41) is 17.9. The molecule has 0 aromatic carbocycles. The lowest BCUT2D eigenvalue weighted by Crippen LogP contribution is -2.54. The van der Waals surface area contributed by atoms with E-state index < -0.39 is 24.5 Å². The third kappa shape index (κ3) is 2.48. The quantitative estimate of drug-likeness (QED) is 0.795. The van der Waals surface area contributed by atoms with Gasteiger partial charge < -0.3 is 14.9 Å². The monoisotopic (exact) mass is 268 g/mol. The van der Waals surface area contributed by atoms with Gasteiger partial charge in [0.2, 0.25) is 0 Å². The Morgan fingerprint density at radius 1 is 1.05 bits per heavy atom. The number of ether oxygens (including phenoxy) is 1. The van der Waals surface area contributed by atoms with Gasteiger partial charge in [-0.15, -0.1) is 0 Å². The summed E-state index contributed by atoms with van der Waals surface area (Å²) in [6, 6.07) is 0. The van der Waals surface area contributed by atoms with Crippen LogP contribution < -0.4 is 0 Å². The van der Waals surface area contributed by atoms with Crippen molar-refractivity contribution < 1.29 is 24.5 Å². The van der Waals surface area contributed by atoms with E-state index in [-0.39, 0.29) is 5.60 Å². The molecule has 19 heavy (non-hydrogen) atoms. The molecule has 4 rings (SSSR count). The van der Waals surface area contributed by atoms with Crippen molar-refractivity contribution in [2.75, 3.05) is 0 Å². The standard InChI is InChI=1S/C14H20O5/c15-12(16)4-11(13(17)18)19-14-5-8-1-9(6-14)3-10(2-8)7-14/h8-11H,1-7H2,(H,15,16)(H,17,18). The van der Waals surface area contributed by atoms with E-state index in [4.69, 9.17) is 14.9 Å². The van der Waals surface area contributed by atoms with Crippen LogP contribution in [0.1, 0.15) is 44.9 Å². The molecule has 4 bridgehead atoms. The maximum atomic E-state index is 11.2. The summed E-state index contributed by atoms with van der Waals surface area (Å²) in [4.78, 5) is 21.9. The fourth-order valence-electron chi connectivity index (χ4n) is 4.82. The molecule has 4 aliphatic rings. The van der Waals surface area contributed by atoms with Gasteiger partial charge in [-0.3, -0.25) is 4.79 Å². The van der Waals surface area contributed by atoms with Crippen molar-refractivity contribution in [1.82, 2.24) is 0 Å². The minimum absolute atomic E-state index is 0.354. The van der Waals surface area contributed by atoms with Crippen molar-refractivity contribution in [3.63, 3.8) is 0 Å². The Kier molecular flexibility index (Phi) is 3.04. The van der Waals surface area contributed by atoms with Gasteiger partial charge in [0, 0.05) is 0 Å². The van der Waals surface area contributed by atoms with E-state index in [1.54, 1.807) is 0 Å². The average Bonchev–Trinajstić information content (AvgIpc) is 2.24. The highest BCUT2D eigenvalue weighted by Gasteiger charge is 2.53. The van der Waals surface area contributed by atoms with Gasteiger partial charge in [-0.05, 0) is 56.3 Å². The van der Waals surface area contributed by atoms with E-state index in [0.717, 1.165) is 19.3 Å². The zero-order valence-electron chi connectivity index (χ0n) is 10.9. The van der Waals surface area contributed by atoms with Crippen molar-refractivity contribution in [2.24, 2.45) is 17.8 Å². The Morgan fingerprint density at radius 3 is 1.89 bits per heavy atom. The van der Waals surface area contributed by atoms with Crippen molar-refractivity contribution in [3.8, 4) is 0 Å². The molecule has 0 amide bonds. The summed E-state index contributed by atoms with van der Waals surface area (Å²) in [5.41, 5.74) is -0.354. The molecule has 4 saturated carbocycles. The number of aliphatic carboxylic acids is 2. The number of hydrogen-bond donors (Lipinski definition) is 2. The van der Waals surface area contributed by atoms with Gasteiger partial charge in [0.25, 0.3) is 0 Å². The Bertz CT molecular complexity index is 367. The average molecular weight is 268 g/mol. The first-order valence-electron chi connectivity index (χ1n) is 7.08. The van der Waals surface area contributed by atoms with Gasteiger partial charge in [-0.1, -0.05) is 0 Å². The molecule has 0 spiro atoms. The highest BCUT2D eigenvalue weighted by Crippen LogP contribution is 2.57.